The Hall–Kier alpha value is -2.07. The van der Waals surface area contributed by atoms with E-state index < -0.39 is 5.72 Å². The summed E-state index contributed by atoms with van der Waals surface area (Å²) < 4.78 is 11.3. The quantitative estimate of drug-likeness (QED) is 0.785. The third kappa shape index (κ3) is 1.24. The summed E-state index contributed by atoms with van der Waals surface area (Å²) in [5.41, 5.74) is 1.73. The Morgan fingerprint density at radius 1 is 1.21 bits per heavy atom. The third-order valence-corrected chi connectivity index (χ3v) is 3.90. The molecule has 0 bridgehead atoms. The highest BCUT2D eigenvalue weighted by atomic mass is 16.5. The lowest BCUT2D eigenvalue weighted by Crippen LogP contribution is -2.50. The molecule has 4 rings (SSSR count). The Morgan fingerprint density at radius 2 is 2.11 bits per heavy atom. The van der Waals surface area contributed by atoms with Crippen molar-refractivity contribution in [3.05, 3.63) is 59.5 Å². The molecule has 1 saturated heterocycles. The maximum Gasteiger partial charge on any atom is 0.257 e. The summed E-state index contributed by atoms with van der Waals surface area (Å²) in [7, 11) is 0. The SMILES string of the molecule is O=C1c2ccccc2[C@@]2(c3ccoc3)OCCCN12. The number of furan rings is 1. The van der Waals surface area contributed by atoms with Gasteiger partial charge in [-0.3, -0.25) is 4.79 Å². The number of nitrogens with zero attached hydrogens (tertiary/aromatic N) is 1. The number of benzene rings is 1. The number of ether oxygens (including phenoxy) is 1. The number of hydrogen-bond acceptors (Lipinski definition) is 3. The summed E-state index contributed by atoms with van der Waals surface area (Å²) in [5.74, 6) is 0.0384. The predicted octanol–water partition coefficient (Wildman–Crippen LogP) is 2.36. The van der Waals surface area contributed by atoms with Gasteiger partial charge in [0.05, 0.1) is 19.1 Å². The molecule has 96 valence electrons. The average Bonchev–Trinajstić information content (AvgIpc) is 3.07. The van der Waals surface area contributed by atoms with E-state index in [0.717, 1.165) is 23.1 Å². The molecule has 1 fully saturated rings. The van der Waals surface area contributed by atoms with E-state index in [1.807, 2.05) is 35.2 Å². The van der Waals surface area contributed by atoms with Gasteiger partial charge in [0, 0.05) is 23.2 Å². The average molecular weight is 255 g/mol. The van der Waals surface area contributed by atoms with Crippen LogP contribution >= 0.6 is 0 Å². The fraction of sp³-hybridized carbons (Fsp3) is 0.267. The van der Waals surface area contributed by atoms with Crippen molar-refractivity contribution in [1.29, 1.82) is 0 Å². The first-order chi connectivity index (χ1) is 9.34. The van der Waals surface area contributed by atoms with E-state index in [9.17, 15) is 4.79 Å². The molecule has 4 nitrogen and oxygen atoms in total. The van der Waals surface area contributed by atoms with Gasteiger partial charge in [-0.1, -0.05) is 18.2 Å². The molecule has 0 radical (unpaired) electrons. The van der Waals surface area contributed by atoms with Crippen molar-refractivity contribution in [1.82, 2.24) is 4.90 Å². The number of carbonyl (C=O) groups is 1. The Labute approximate surface area is 110 Å². The molecule has 0 N–H and O–H groups in total. The van der Waals surface area contributed by atoms with Gasteiger partial charge in [-0.05, 0) is 18.6 Å². The first-order valence-electron chi connectivity index (χ1n) is 6.42. The summed E-state index contributed by atoms with van der Waals surface area (Å²) in [6.07, 6.45) is 4.14. The minimum Gasteiger partial charge on any atom is -0.472 e. The predicted molar refractivity (Wildman–Crippen MR) is 67.5 cm³/mol. The topological polar surface area (TPSA) is 42.7 Å². The van der Waals surface area contributed by atoms with Crippen LogP contribution in [0.1, 0.15) is 27.9 Å². The van der Waals surface area contributed by atoms with E-state index >= 15 is 0 Å². The van der Waals surface area contributed by atoms with E-state index in [1.54, 1.807) is 12.5 Å². The van der Waals surface area contributed by atoms with Crippen LogP contribution in [-0.2, 0) is 10.5 Å². The minimum absolute atomic E-state index is 0.0384. The van der Waals surface area contributed by atoms with Crippen molar-refractivity contribution < 1.29 is 13.9 Å². The molecule has 0 spiro atoms. The molecule has 1 aromatic heterocycles. The van der Waals surface area contributed by atoms with Crippen molar-refractivity contribution >= 4 is 5.91 Å². The molecule has 0 saturated carbocycles. The number of rotatable bonds is 1. The van der Waals surface area contributed by atoms with Gasteiger partial charge in [0.2, 0.25) is 0 Å². The molecule has 0 unspecified atom stereocenters. The van der Waals surface area contributed by atoms with Crippen molar-refractivity contribution in [3.63, 3.8) is 0 Å². The first-order valence-corrected chi connectivity index (χ1v) is 6.42. The van der Waals surface area contributed by atoms with Crippen LogP contribution in [0, 0.1) is 0 Å². The summed E-state index contributed by atoms with van der Waals surface area (Å²) in [4.78, 5) is 14.4. The fourth-order valence-electron chi connectivity index (χ4n) is 3.11. The van der Waals surface area contributed by atoms with Gasteiger partial charge >= 0.3 is 0 Å². The Kier molecular flexibility index (Phi) is 2.11. The molecule has 3 heterocycles. The second-order valence-electron chi connectivity index (χ2n) is 4.86. The lowest BCUT2D eigenvalue weighted by Gasteiger charge is -2.41. The maximum absolute atomic E-state index is 12.5. The van der Waals surface area contributed by atoms with Crippen LogP contribution in [0.3, 0.4) is 0 Å². The van der Waals surface area contributed by atoms with Gasteiger partial charge in [-0.25, -0.2) is 0 Å². The van der Waals surface area contributed by atoms with Crippen LogP contribution in [0.2, 0.25) is 0 Å². The Balaban J connectivity index is 2.01. The van der Waals surface area contributed by atoms with Gasteiger partial charge in [-0.15, -0.1) is 0 Å². The largest absolute Gasteiger partial charge is 0.472 e. The van der Waals surface area contributed by atoms with E-state index in [4.69, 9.17) is 9.15 Å². The van der Waals surface area contributed by atoms with Crippen LogP contribution < -0.4 is 0 Å². The Morgan fingerprint density at radius 3 is 2.95 bits per heavy atom. The van der Waals surface area contributed by atoms with Gasteiger partial charge in [0.1, 0.15) is 0 Å². The Bertz CT molecular complexity index is 635. The van der Waals surface area contributed by atoms with Gasteiger partial charge < -0.3 is 14.1 Å². The highest BCUT2D eigenvalue weighted by Crippen LogP contribution is 2.46. The molecule has 4 heteroatoms. The standard InChI is InChI=1S/C15H13NO3/c17-14-12-4-1-2-5-13(12)15(11-6-9-18-10-11)16(14)7-3-8-19-15/h1-2,4-6,9-10H,3,7-8H2/t15-/m1/s1. The monoisotopic (exact) mass is 255 g/mol. The minimum atomic E-state index is -0.793. The summed E-state index contributed by atoms with van der Waals surface area (Å²) in [5, 5.41) is 0. The molecule has 1 aromatic carbocycles. The van der Waals surface area contributed by atoms with E-state index in [0.29, 0.717) is 13.2 Å². The molecule has 19 heavy (non-hydrogen) atoms. The second-order valence-corrected chi connectivity index (χ2v) is 4.86. The van der Waals surface area contributed by atoms with Crippen LogP contribution in [0.25, 0.3) is 0 Å². The van der Waals surface area contributed by atoms with Gasteiger partial charge in [-0.2, -0.15) is 0 Å². The number of fused-ring (bicyclic) bond motifs is 3. The highest BCUT2D eigenvalue weighted by Gasteiger charge is 2.53. The van der Waals surface area contributed by atoms with Crippen molar-refractivity contribution in [2.75, 3.05) is 13.2 Å². The van der Waals surface area contributed by atoms with E-state index in [1.165, 1.54) is 0 Å². The number of carbonyl (C=O) groups excluding carboxylic acids is 1. The van der Waals surface area contributed by atoms with Crippen LogP contribution in [0.5, 0.6) is 0 Å². The molecule has 1 amide bonds. The molecule has 1 atom stereocenters. The molecular formula is C15H13NO3. The number of amides is 1. The van der Waals surface area contributed by atoms with Crippen molar-refractivity contribution in [2.45, 2.75) is 12.1 Å². The summed E-state index contributed by atoms with van der Waals surface area (Å²) in [6.45, 7) is 1.35. The fourth-order valence-corrected chi connectivity index (χ4v) is 3.11. The number of hydrogen-bond donors (Lipinski definition) is 0. The molecule has 0 aliphatic carbocycles. The molecule has 2 aliphatic rings. The van der Waals surface area contributed by atoms with Gasteiger partial charge in [0.25, 0.3) is 5.91 Å². The third-order valence-electron chi connectivity index (χ3n) is 3.90. The first kappa shape index (κ1) is 10.8. The molecular weight excluding hydrogens is 242 g/mol. The lowest BCUT2D eigenvalue weighted by molar-refractivity contribution is -0.137. The molecule has 2 aliphatic heterocycles. The van der Waals surface area contributed by atoms with Crippen LogP contribution in [0.4, 0.5) is 0 Å². The highest BCUT2D eigenvalue weighted by molar-refractivity contribution is 6.00. The lowest BCUT2D eigenvalue weighted by atomic mass is 9.94. The summed E-state index contributed by atoms with van der Waals surface area (Å²) in [6, 6.07) is 9.52. The van der Waals surface area contributed by atoms with Crippen molar-refractivity contribution in [2.24, 2.45) is 0 Å². The second kappa shape index (κ2) is 3.71. The van der Waals surface area contributed by atoms with E-state index in [-0.39, 0.29) is 5.91 Å². The smallest absolute Gasteiger partial charge is 0.257 e. The van der Waals surface area contributed by atoms with Crippen LogP contribution in [-0.4, -0.2) is 24.0 Å². The zero-order valence-corrected chi connectivity index (χ0v) is 10.3. The summed E-state index contributed by atoms with van der Waals surface area (Å²) >= 11 is 0. The molecule has 2 aromatic rings. The zero-order valence-electron chi connectivity index (χ0n) is 10.3. The van der Waals surface area contributed by atoms with Crippen molar-refractivity contribution in [3.8, 4) is 0 Å². The maximum atomic E-state index is 12.5. The van der Waals surface area contributed by atoms with Gasteiger partial charge in [0.15, 0.2) is 5.72 Å². The zero-order chi connectivity index (χ0) is 12.9. The van der Waals surface area contributed by atoms with Crippen LogP contribution in [0.15, 0.2) is 47.3 Å². The normalized spacial score (nSPS) is 25.3. The van der Waals surface area contributed by atoms with E-state index in [2.05, 4.69) is 0 Å².